The SMILES string of the molecule is Nc1[nH]ncc1Nc1ccc(OC(F)F)cc1. The maximum absolute atomic E-state index is 11.9. The van der Waals surface area contributed by atoms with E-state index in [0.717, 1.165) is 0 Å². The van der Waals surface area contributed by atoms with Crippen molar-refractivity contribution in [3.05, 3.63) is 30.5 Å². The largest absolute Gasteiger partial charge is 0.435 e. The van der Waals surface area contributed by atoms with Crippen LogP contribution in [0, 0.1) is 0 Å². The summed E-state index contributed by atoms with van der Waals surface area (Å²) in [6.07, 6.45) is 1.53. The molecule has 0 spiro atoms. The van der Waals surface area contributed by atoms with Crippen molar-refractivity contribution in [1.82, 2.24) is 10.2 Å². The lowest BCUT2D eigenvalue weighted by Gasteiger charge is -2.07. The average molecular weight is 240 g/mol. The Morgan fingerprint density at radius 1 is 1.29 bits per heavy atom. The fraction of sp³-hybridized carbons (Fsp3) is 0.100. The highest BCUT2D eigenvalue weighted by atomic mass is 19.3. The van der Waals surface area contributed by atoms with Crippen LogP contribution in [0.2, 0.25) is 0 Å². The van der Waals surface area contributed by atoms with E-state index in [1.54, 1.807) is 12.1 Å². The molecule has 1 heterocycles. The van der Waals surface area contributed by atoms with Crippen molar-refractivity contribution in [2.45, 2.75) is 6.61 Å². The molecule has 0 radical (unpaired) electrons. The van der Waals surface area contributed by atoms with Crippen LogP contribution in [0.3, 0.4) is 0 Å². The van der Waals surface area contributed by atoms with E-state index in [4.69, 9.17) is 5.73 Å². The molecule has 0 aliphatic rings. The smallest absolute Gasteiger partial charge is 0.387 e. The lowest BCUT2D eigenvalue weighted by atomic mass is 10.3. The predicted molar refractivity (Wildman–Crippen MR) is 59.4 cm³/mol. The van der Waals surface area contributed by atoms with E-state index in [0.29, 0.717) is 17.2 Å². The molecule has 1 aromatic heterocycles. The summed E-state index contributed by atoms with van der Waals surface area (Å²) in [6, 6.07) is 6.07. The number of alkyl halides is 2. The highest BCUT2D eigenvalue weighted by Gasteiger charge is 2.05. The van der Waals surface area contributed by atoms with Crippen LogP contribution in [0.1, 0.15) is 0 Å². The number of aromatic amines is 1. The first-order chi connectivity index (χ1) is 8.15. The molecule has 0 aliphatic carbocycles. The minimum atomic E-state index is -2.82. The molecular formula is C10H10F2N4O. The number of rotatable bonds is 4. The second-order valence-corrected chi connectivity index (χ2v) is 3.23. The first kappa shape index (κ1) is 11.2. The Balaban J connectivity index is 2.06. The van der Waals surface area contributed by atoms with Gasteiger partial charge in [0.15, 0.2) is 0 Å². The van der Waals surface area contributed by atoms with Gasteiger partial charge in [0.1, 0.15) is 17.3 Å². The van der Waals surface area contributed by atoms with Gasteiger partial charge in [-0.15, -0.1) is 0 Å². The Bertz CT molecular complexity index is 483. The van der Waals surface area contributed by atoms with Crippen LogP contribution < -0.4 is 15.8 Å². The summed E-state index contributed by atoms with van der Waals surface area (Å²) >= 11 is 0. The van der Waals surface area contributed by atoms with Crippen LogP contribution >= 0.6 is 0 Å². The van der Waals surface area contributed by atoms with Crippen LogP contribution in [0.25, 0.3) is 0 Å². The minimum Gasteiger partial charge on any atom is -0.435 e. The summed E-state index contributed by atoms with van der Waals surface area (Å²) in [5.41, 5.74) is 6.89. The third-order valence-electron chi connectivity index (χ3n) is 2.03. The first-order valence-electron chi connectivity index (χ1n) is 4.76. The van der Waals surface area contributed by atoms with Crippen LogP contribution in [-0.2, 0) is 0 Å². The van der Waals surface area contributed by atoms with Crippen LogP contribution in [0.4, 0.5) is 26.0 Å². The molecule has 1 aromatic carbocycles. The van der Waals surface area contributed by atoms with Crippen LogP contribution in [0.15, 0.2) is 30.5 Å². The molecule has 90 valence electrons. The Labute approximate surface area is 95.6 Å². The van der Waals surface area contributed by atoms with E-state index in [9.17, 15) is 8.78 Å². The Morgan fingerprint density at radius 3 is 2.53 bits per heavy atom. The fourth-order valence-electron chi connectivity index (χ4n) is 1.27. The number of hydrogen-bond acceptors (Lipinski definition) is 4. The van der Waals surface area contributed by atoms with Crippen molar-refractivity contribution in [2.75, 3.05) is 11.1 Å². The number of benzene rings is 1. The van der Waals surface area contributed by atoms with Crippen LogP contribution in [-0.4, -0.2) is 16.8 Å². The van der Waals surface area contributed by atoms with E-state index in [2.05, 4.69) is 20.3 Å². The molecular weight excluding hydrogens is 230 g/mol. The number of aromatic nitrogens is 2. The van der Waals surface area contributed by atoms with E-state index < -0.39 is 6.61 Å². The van der Waals surface area contributed by atoms with Crippen LogP contribution in [0.5, 0.6) is 5.75 Å². The lowest BCUT2D eigenvalue weighted by Crippen LogP contribution is -2.01. The minimum absolute atomic E-state index is 0.103. The number of halogens is 2. The maximum Gasteiger partial charge on any atom is 0.387 e. The summed E-state index contributed by atoms with van der Waals surface area (Å²) in [5, 5.41) is 9.28. The summed E-state index contributed by atoms with van der Waals surface area (Å²) in [7, 11) is 0. The number of nitrogen functional groups attached to an aromatic ring is 1. The van der Waals surface area contributed by atoms with Gasteiger partial charge in [-0.2, -0.15) is 13.9 Å². The second kappa shape index (κ2) is 4.69. The number of nitrogens with one attached hydrogen (secondary N) is 2. The number of ether oxygens (including phenoxy) is 1. The topological polar surface area (TPSA) is 76.0 Å². The summed E-state index contributed by atoms with van der Waals surface area (Å²) in [6.45, 7) is -2.82. The van der Waals surface area contributed by atoms with Crippen molar-refractivity contribution in [2.24, 2.45) is 0 Å². The van der Waals surface area contributed by atoms with Gasteiger partial charge in [0.25, 0.3) is 0 Å². The highest BCUT2D eigenvalue weighted by molar-refractivity contribution is 5.68. The van der Waals surface area contributed by atoms with Crippen molar-refractivity contribution in [3.8, 4) is 5.75 Å². The van der Waals surface area contributed by atoms with Gasteiger partial charge < -0.3 is 15.8 Å². The monoisotopic (exact) mass is 240 g/mol. The third-order valence-corrected chi connectivity index (χ3v) is 2.03. The van der Waals surface area contributed by atoms with Gasteiger partial charge in [0, 0.05) is 5.69 Å². The molecule has 0 saturated carbocycles. The van der Waals surface area contributed by atoms with Gasteiger partial charge in [-0.05, 0) is 24.3 Å². The van der Waals surface area contributed by atoms with Crippen molar-refractivity contribution < 1.29 is 13.5 Å². The molecule has 17 heavy (non-hydrogen) atoms. The van der Waals surface area contributed by atoms with E-state index in [-0.39, 0.29) is 5.75 Å². The van der Waals surface area contributed by atoms with E-state index in [1.165, 1.54) is 18.3 Å². The van der Waals surface area contributed by atoms with Gasteiger partial charge in [0.2, 0.25) is 0 Å². The number of H-pyrrole nitrogens is 1. The maximum atomic E-state index is 11.9. The standard InChI is InChI=1S/C10H10F2N4O/c11-10(12)17-7-3-1-6(2-4-7)15-8-5-14-16-9(8)13/h1-5,10,15H,(H3,13,14,16). The second-order valence-electron chi connectivity index (χ2n) is 3.23. The van der Waals surface area contributed by atoms with Gasteiger partial charge in [-0.25, -0.2) is 0 Å². The molecule has 0 amide bonds. The average Bonchev–Trinajstić information content (AvgIpc) is 2.67. The Kier molecular flexibility index (Phi) is 3.08. The van der Waals surface area contributed by atoms with E-state index in [1.807, 2.05) is 0 Å². The zero-order chi connectivity index (χ0) is 12.3. The third kappa shape index (κ3) is 2.83. The van der Waals surface area contributed by atoms with Gasteiger partial charge >= 0.3 is 6.61 Å². The summed E-state index contributed by atoms with van der Waals surface area (Å²) in [5.74, 6) is 0.503. The zero-order valence-electron chi connectivity index (χ0n) is 8.65. The number of anilines is 3. The lowest BCUT2D eigenvalue weighted by molar-refractivity contribution is -0.0498. The quantitative estimate of drug-likeness (QED) is 0.766. The van der Waals surface area contributed by atoms with Crippen molar-refractivity contribution in [1.29, 1.82) is 0 Å². The molecule has 0 bridgehead atoms. The molecule has 0 atom stereocenters. The van der Waals surface area contributed by atoms with Crippen molar-refractivity contribution >= 4 is 17.2 Å². The van der Waals surface area contributed by atoms with Gasteiger partial charge in [-0.3, -0.25) is 5.10 Å². The Hall–Kier alpha value is -2.31. The van der Waals surface area contributed by atoms with E-state index >= 15 is 0 Å². The highest BCUT2D eigenvalue weighted by Crippen LogP contribution is 2.23. The number of hydrogen-bond donors (Lipinski definition) is 3. The fourth-order valence-corrected chi connectivity index (χ4v) is 1.27. The normalized spacial score (nSPS) is 10.5. The molecule has 0 aliphatic heterocycles. The molecule has 2 rings (SSSR count). The number of nitrogens with zero attached hydrogens (tertiary/aromatic N) is 1. The molecule has 5 nitrogen and oxygen atoms in total. The molecule has 4 N–H and O–H groups in total. The molecule has 0 unspecified atom stereocenters. The van der Waals surface area contributed by atoms with Crippen molar-refractivity contribution in [3.63, 3.8) is 0 Å². The summed E-state index contributed by atoms with van der Waals surface area (Å²) in [4.78, 5) is 0. The molecule has 2 aromatic rings. The first-order valence-corrected chi connectivity index (χ1v) is 4.76. The molecule has 7 heteroatoms. The molecule has 0 saturated heterocycles. The number of nitrogens with two attached hydrogens (primary N) is 1. The summed E-state index contributed by atoms with van der Waals surface area (Å²) < 4.78 is 28.0. The van der Waals surface area contributed by atoms with Gasteiger partial charge in [-0.1, -0.05) is 0 Å². The molecule has 0 fully saturated rings. The predicted octanol–water partition coefficient (Wildman–Crippen LogP) is 2.34. The zero-order valence-corrected chi connectivity index (χ0v) is 8.65. The Morgan fingerprint density at radius 2 is 2.00 bits per heavy atom. The van der Waals surface area contributed by atoms with Gasteiger partial charge in [0.05, 0.1) is 6.20 Å².